The number of H-pyrrole nitrogens is 1. The Balaban J connectivity index is 0.000000371. The smallest absolute Gasteiger partial charge is 0.164 e. The van der Waals surface area contributed by atoms with Gasteiger partial charge in [0, 0.05) is 0 Å². The zero-order valence-electron chi connectivity index (χ0n) is 6.68. The summed E-state index contributed by atoms with van der Waals surface area (Å²) in [6, 6.07) is 0. The molecule has 1 heterocycles. The molecule has 10 heavy (non-hydrogen) atoms. The van der Waals surface area contributed by atoms with Gasteiger partial charge >= 0.3 is 0 Å². The number of hydrogen-bond acceptors (Lipinski definition) is 3. The Kier molecular flexibility index (Phi) is 4.49. The number of nitrogens with two attached hydrogens (primary N) is 1. The lowest BCUT2D eigenvalue weighted by atomic mass is 10.6. The number of aryl methyl sites for hydroxylation is 1. The fourth-order valence-corrected chi connectivity index (χ4v) is 0.480. The highest BCUT2D eigenvalue weighted by molar-refractivity contribution is 4.85. The predicted molar refractivity (Wildman–Crippen MR) is 40.4 cm³/mol. The van der Waals surface area contributed by atoms with Gasteiger partial charge in [0.1, 0.15) is 5.82 Å². The fraction of sp³-hybridized carbons (Fsp3) is 0.667. The van der Waals surface area contributed by atoms with Crippen LogP contribution in [-0.4, -0.2) is 15.2 Å². The average molecular weight is 142 g/mol. The van der Waals surface area contributed by atoms with Gasteiger partial charge < -0.3 is 5.73 Å². The summed E-state index contributed by atoms with van der Waals surface area (Å²) in [5.41, 5.74) is 5.22. The van der Waals surface area contributed by atoms with Gasteiger partial charge in [-0.05, 0) is 6.92 Å². The number of hydrogen-bond donors (Lipinski definition) is 2. The lowest BCUT2D eigenvalue weighted by Crippen LogP contribution is -1.97. The minimum absolute atomic E-state index is 0.407. The molecule has 58 valence electrons. The Bertz CT molecular complexity index is 170. The first-order valence-corrected chi connectivity index (χ1v) is 3.41. The van der Waals surface area contributed by atoms with Crippen molar-refractivity contribution < 1.29 is 0 Å². The molecule has 3 N–H and O–H groups in total. The van der Waals surface area contributed by atoms with Gasteiger partial charge in [0.15, 0.2) is 5.82 Å². The molecular formula is C6H14N4. The summed E-state index contributed by atoms with van der Waals surface area (Å²) in [7, 11) is 0. The molecule has 0 fully saturated rings. The standard InChI is InChI=1S/C4H8N4.C2H6/c1-3-6-4(2-5)8-7-3;1-2/h2,5H2,1H3,(H,6,7,8);1-2H3. The molecule has 0 saturated heterocycles. The van der Waals surface area contributed by atoms with E-state index in [1.165, 1.54) is 0 Å². The van der Waals surface area contributed by atoms with Crippen LogP contribution in [0.1, 0.15) is 25.5 Å². The highest BCUT2D eigenvalue weighted by atomic mass is 15.2. The molecule has 0 radical (unpaired) electrons. The van der Waals surface area contributed by atoms with Crippen LogP contribution < -0.4 is 5.73 Å². The van der Waals surface area contributed by atoms with E-state index in [2.05, 4.69) is 15.2 Å². The van der Waals surface area contributed by atoms with Gasteiger partial charge in [0.2, 0.25) is 0 Å². The predicted octanol–water partition coefficient (Wildman–Crippen LogP) is 0.598. The van der Waals surface area contributed by atoms with Crippen LogP contribution in [0.5, 0.6) is 0 Å². The van der Waals surface area contributed by atoms with E-state index in [0.29, 0.717) is 12.4 Å². The number of aromatic nitrogens is 3. The molecule has 1 aromatic heterocycles. The first-order chi connectivity index (χ1) is 4.83. The lowest BCUT2D eigenvalue weighted by Gasteiger charge is -1.77. The van der Waals surface area contributed by atoms with Gasteiger partial charge in [-0.25, -0.2) is 4.98 Å². The Hall–Kier alpha value is -0.900. The second-order valence-electron chi connectivity index (χ2n) is 1.54. The van der Waals surface area contributed by atoms with E-state index < -0.39 is 0 Å². The second-order valence-corrected chi connectivity index (χ2v) is 1.54. The van der Waals surface area contributed by atoms with E-state index in [4.69, 9.17) is 5.73 Å². The first kappa shape index (κ1) is 9.10. The summed E-state index contributed by atoms with van der Waals surface area (Å²) in [6.45, 7) is 6.25. The molecule has 0 spiro atoms. The Labute approximate surface area is 60.9 Å². The van der Waals surface area contributed by atoms with Gasteiger partial charge in [-0.3, -0.25) is 5.10 Å². The van der Waals surface area contributed by atoms with E-state index in [9.17, 15) is 0 Å². The molecule has 0 unspecified atom stereocenters. The van der Waals surface area contributed by atoms with Gasteiger partial charge in [-0.1, -0.05) is 13.8 Å². The van der Waals surface area contributed by atoms with Crippen LogP contribution in [0, 0.1) is 6.92 Å². The fourth-order valence-electron chi connectivity index (χ4n) is 0.480. The van der Waals surface area contributed by atoms with E-state index in [0.717, 1.165) is 5.82 Å². The minimum Gasteiger partial charge on any atom is -0.324 e. The van der Waals surface area contributed by atoms with Crippen molar-refractivity contribution in [1.82, 2.24) is 15.2 Å². The quantitative estimate of drug-likeness (QED) is 0.603. The lowest BCUT2D eigenvalue weighted by molar-refractivity contribution is 0.916. The summed E-state index contributed by atoms with van der Waals surface area (Å²) in [5.74, 6) is 1.48. The normalized spacial score (nSPS) is 8.40. The molecule has 0 amide bonds. The monoisotopic (exact) mass is 142 g/mol. The topological polar surface area (TPSA) is 67.6 Å². The highest BCUT2D eigenvalue weighted by Gasteiger charge is 1.92. The molecule has 0 atom stereocenters. The van der Waals surface area contributed by atoms with Crippen molar-refractivity contribution in [3.63, 3.8) is 0 Å². The third kappa shape index (κ3) is 2.59. The molecule has 0 aliphatic rings. The summed E-state index contributed by atoms with van der Waals surface area (Å²) in [6.07, 6.45) is 0. The third-order valence-corrected chi connectivity index (χ3v) is 0.826. The second kappa shape index (κ2) is 4.93. The minimum atomic E-state index is 0.407. The van der Waals surface area contributed by atoms with Crippen LogP contribution in [0.2, 0.25) is 0 Å². The number of nitrogens with zero attached hydrogens (tertiary/aromatic N) is 2. The largest absolute Gasteiger partial charge is 0.324 e. The number of nitrogens with one attached hydrogen (secondary N) is 1. The zero-order chi connectivity index (χ0) is 7.98. The molecule has 1 aromatic rings. The van der Waals surface area contributed by atoms with Crippen LogP contribution in [0.3, 0.4) is 0 Å². The molecule has 0 saturated carbocycles. The van der Waals surface area contributed by atoms with Crippen LogP contribution in [0.25, 0.3) is 0 Å². The first-order valence-electron chi connectivity index (χ1n) is 3.41. The molecule has 0 aromatic carbocycles. The van der Waals surface area contributed by atoms with Gasteiger partial charge in [0.05, 0.1) is 6.54 Å². The van der Waals surface area contributed by atoms with E-state index in [1.807, 2.05) is 20.8 Å². The van der Waals surface area contributed by atoms with E-state index >= 15 is 0 Å². The summed E-state index contributed by atoms with van der Waals surface area (Å²) in [5, 5.41) is 6.45. The van der Waals surface area contributed by atoms with Gasteiger partial charge in [0.25, 0.3) is 0 Å². The van der Waals surface area contributed by atoms with Crippen molar-refractivity contribution in [3.8, 4) is 0 Å². The summed E-state index contributed by atoms with van der Waals surface area (Å²) >= 11 is 0. The SMILES string of the molecule is CC.Cc1nc(CN)n[nH]1. The van der Waals surface area contributed by atoms with Crippen LogP contribution in [-0.2, 0) is 6.54 Å². The summed E-state index contributed by atoms with van der Waals surface area (Å²) < 4.78 is 0. The van der Waals surface area contributed by atoms with Crippen molar-refractivity contribution in [2.45, 2.75) is 27.3 Å². The molecule has 0 aliphatic heterocycles. The zero-order valence-corrected chi connectivity index (χ0v) is 6.68. The Morgan fingerprint density at radius 2 is 2.10 bits per heavy atom. The third-order valence-electron chi connectivity index (χ3n) is 0.826. The van der Waals surface area contributed by atoms with Gasteiger partial charge in [-0.15, -0.1) is 0 Å². The average Bonchev–Trinajstić information content (AvgIpc) is 2.40. The van der Waals surface area contributed by atoms with Crippen molar-refractivity contribution in [1.29, 1.82) is 0 Å². The van der Waals surface area contributed by atoms with Crippen LogP contribution in [0.4, 0.5) is 0 Å². The van der Waals surface area contributed by atoms with Crippen molar-refractivity contribution in [2.24, 2.45) is 5.73 Å². The number of rotatable bonds is 1. The molecule has 0 aliphatic carbocycles. The molecular weight excluding hydrogens is 128 g/mol. The summed E-state index contributed by atoms with van der Waals surface area (Å²) in [4.78, 5) is 3.94. The maximum atomic E-state index is 5.22. The van der Waals surface area contributed by atoms with Crippen molar-refractivity contribution >= 4 is 0 Å². The highest BCUT2D eigenvalue weighted by Crippen LogP contribution is 1.85. The number of aromatic amines is 1. The van der Waals surface area contributed by atoms with E-state index in [-0.39, 0.29) is 0 Å². The van der Waals surface area contributed by atoms with Crippen LogP contribution in [0.15, 0.2) is 0 Å². The van der Waals surface area contributed by atoms with E-state index in [1.54, 1.807) is 0 Å². The molecule has 4 nitrogen and oxygen atoms in total. The van der Waals surface area contributed by atoms with Crippen molar-refractivity contribution in [3.05, 3.63) is 11.6 Å². The molecule has 1 rings (SSSR count). The Morgan fingerprint density at radius 3 is 2.30 bits per heavy atom. The molecule has 0 bridgehead atoms. The Morgan fingerprint density at radius 1 is 1.50 bits per heavy atom. The maximum Gasteiger partial charge on any atom is 0.164 e. The van der Waals surface area contributed by atoms with Gasteiger partial charge in [-0.2, -0.15) is 5.10 Å². The maximum absolute atomic E-state index is 5.22. The van der Waals surface area contributed by atoms with Crippen LogP contribution >= 0.6 is 0 Å². The molecule has 4 heteroatoms. The van der Waals surface area contributed by atoms with Crippen molar-refractivity contribution in [2.75, 3.05) is 0 Å².